The van der Waals surface area contributed by atoms with Gasteiger partial charge in [-0.05, 0) is 43.9 Å². The molecule has 2 aromatic rings. The molecule has 0 saturated carbocycles. The van der Waals surface area contributed by atoms with Gasteiger partial charge >= 0.3 is 15.6 Å². The van der Waals surface area contributed by atoms with Crippen LogP contribution in [0, 0.1) is 6.92 Å². The molecule has 2 aromatic carbocycles. The lowest BCUT2D eigenvalue weighted by Crippen LogP contribution is -2.28. The summed E-state index contributed by atoms with van der Waals surface area (Å²) >= 11 is 3.15. The van der Waals surface area contributed by atoms with E-state index >= 15 is 0 Å². The van der Waals surface area contributed by atoms with Crippen molar-refractivity contribution in [3.8, 4) is 5.75 Å². The van der Waals surface area contributed by atoms with Crippen molar-refractivity contribution in [2.75, 3.05) is 6.61 Å². The fraction of sp³-hybridized carbons (Fsp3) is 0.294. The molecular formula is C17H16BrF3O6S. The molecule has 2 rings (SSSR count). The third-order valence-electron chi connectivity index (χ3n) is 3.32. The van der Waals surface area contributed by atoms with Crippen LogP contribution in [0.2, 0.25) is 0 Å². The molecule has 11 heteroatoms. The van der Waals surface area contributed by atoms with Crippen LogP contribution in [0.1, 0.15) is 29.8 Å². The van der Waals surface area contributed by atoms with Crippen molar-refractivity contribution in [1.29, 1.82) is 0 Å². The number of carbonyl (C=O) groups is 2. The summed E-state index contributed by atoms with van der Waals surface area (Å²) in [6.45, 7) is 5.28. The molecule has 0 aliphatic heterocycles. The number of halogens is 4. The van der Waals surface area contributed by atoms with Gasteiger partial charge < -0.3 is 8.92 Å². The van der Waals surface area contributed by atoms with Crippen LogP contribution in [0.25, 0.3) is 10.8 Å². The summed E-state index contributed by atoms with van der Waals surface area (Å²) in [6.07, 6.45) is 0. The van der Waals surface area contributed by atoms with Gasteiger partial charge in [-0.3, -0.25) is 9.59 Å². The van der Waals surface area contributed by atoms with Crippen molar-refractivity contribution in [2.45, 2.75) is 26.3 Å². The highest BCUT2D eigenvalue weighted by molar-refractivity contribution is 9.10. The fourth-order valence-corrected chi connectivity index (χ4v) is 3.07. The van der Waals surface area contributed by atoms with Gasteiger partial charge in [-0.2, -0.15) is 21.6 Å². The average Bonchev–Trinajstić information content (AvgIpc) is 2.55. The molecule has 0 bridgehead atoms. The number of alkyl halides is 3. The highest BCUT2D eigenvalue weighted by Crippen LogP contribution is 2.38. The van der Waals surface area contributed by atoms with E-state index in [9.17, 15) is 31.2 Å². The summed E-state index contributed by atoms with van der Waals surface area (Å²) in [6, 6.07) is 6.18. The van der Waals surface area contributed by atoms with E-state index in [1.54, 1.807) is 25.1 Å². The number of rotatable bonds is 5. The molecule has 0 atom stereocenters. The molecule has 0 unspecified atom stereocenters. The van der Waals surface area contributed by atoms with Crippen LogP contribution in [0.3, 0.4) is 0 Å². The van der Waals surface area contributed by atoms with E-state index in [1.807, 2.05) is 0 Å². The maximum absolute atomic E-state index is 12.6. The minimum Gasteiger partial charge on any atom is -0.468 e. The quantitative estimate of drug-likeness (QED) is 0.268. The largest absolute Gasteiger partial charge is 0.534 e. The van der Waals surface area contributed by atoms with Gasteiger partial charge in [-0.25, -0.2) is 0 Å². The zero-order valence-corrected chi connectivity index (χ0v) is 17.4. The van der Waals surface area contributed by atoms with E-state index in [4.69, 9.17) is 0 Å². The van der Waals surface area contributed by atoms with Gasteiger partial charge in [0.2, 0.25) is 0 Å². The molecule has 6 nitrogen and oxygen atoms in total. The van der Waals surface area contributed by atoms with Gasteiger partial charge in [0.1, 0.15) is 0 Å². The van der Waals surface area contributed by atoms with Crippen LogP contribution in [0.15, 0.2) is 28.7 Å². The molecule has 0 spiro atoms. The topological polar surface area (TPSA) is 86.7 Å². The first kappa shape index (κ1) is 23.9. The molecule has 0 saturated heterocycles. The SMILES string of the molecule is CC(=O)c1c(C)cc2ccc(Br)cc2c1OS(=O)(=O)C(F)(F)F.CCOC=O. The normalized spacial score (nSPS) is 11.4. The Morgan fingerprint density at radius 2 is 1.86 bits per heavy atom. The zero-order chi connectivity index (χ0) is 21.7. The molecule has 0 amide bonds. The number of benzene rings is 2. The molecule has 0 radical (unpaired) electrons. The Balaban J connectivity index is 0.000000696. The lowest BCUT2D eigenvalue weighted by atomic mass is 9.98. The number of carbonyl (C=O) groups excluding carboxylic acids is 2. The molecule has 0 fully saturated rings. The molecular weight excluding hydrogens is 469 g/mol. The van der Waals surface area contributed by atoms with E-state index in [-0.39, 0.29) is 10.9 Å². The Morgan fingerprint density at radius 3 is 2.29 bits per heavy atom. The number of Topliss-reactive ketones (excluding diaryl/α,β-unsaturated/α-hetero) is 1. The highest BCUT2D eigenvalue weighted by Gasteiger charge is 2.49. The summed E-state index contributed by atoms with van der Waals surface area (Å²) < 4.78 is 69.6. The molecule has 154 valence electrons. The maximum atomic E-state index is 12.6. The van der Waals surface area contributed by atoms with Crippen molar-refractivity contribution in [3.05, 3.63) is 39.9 Å². The number of ketones is 1. The third-order valence-corrected chi connectivity index (χ3v) is 4.76. The predicted molar refractivity (Wildman–Crippen MR) is 99.7 cm³/mol. The Labute approximate surface area is 167 Å². The Bertz CT molecular complexity index is 987. The first-order valence-electron chi connectivity index (χ1n) is 7.65. The van der Waals surface area contributed by atoms with Crippen molar-refractivity contribution in [1.82, 2.24) is 0 Å². The van der Waals surface area contributed by atoms with Crippen molar-refractivity contribution >= 4 is 49.1 Å². The lowest BCUT2D eigenvalue weighted by molar-refractivity contribution is -0.128. The van der Waals surface area contributed by atoms with E-state index in [0.717, 1.165) is 6.92 Å². The highest BCUT2D eigenvalue weighted by atomic mass is 79.9. The summed E-state index contributed by atoms with van der Waals surface area (Å²) in [5, 5.41) is 0.533. The summed E-state index contributed by atoms with van der Waals surface area (Å²) in [4.78, 5) is 21.0. The van der Waals surface area contributed by atoms with E-state index < -0.39 is 27.2 Å². The van der Waals surface area contributed by atoms with Gasteiger partial charge in [0.15, 0.2) is 11.5 Å². The molecule has 0 aliphatic rings. The Kier molecular flexibility index (Phi) is 8.00. The number of ether oxygens (including phenoxy) is 1. The summed E-state index contributed by atoms with van der Waals surface area (Å²) in [7, 11) is -5.90. The van der Waals surface area contributed by atoms with Crippen LogP contribution in [-0.4, -0.2) is 32.8 Å². The van der Waals surface area contributed by atoms with Gasteiger partial charge in [-0.15, -0.1) is 0 Å². The molecule has 28 heavy (non-hydrogen) atoms. The van der Waals surface area contributed by atoms with Crippen LogP contribution in [-0.2, 0) is 19.6 Å². The fourth-order valence-electron chi connectivity index (χ4n) is 2.22. The molecule has 0 N–H and O–H groups in total. The predicted octanol–water partition coefficient (Wildman–Crippen LogP) is 4.52. The second-order valence-corrected chi connectivity index (χ2v) is 7.81. The number of fused-ring (bicyclic) bond motifs is 1. The van der Waals surface area contributed by atoms with Gasteiger partial charge in [0.25, 0.3) is 6.47 Å². The van der Waals surface area contributed by atoms with Gasteiger partial charge in [0, 0.05) is 9.86 Å². The van der Waals surface area contributed by atoms with Crippen LogP contribution >= 0.6 is 15.9 Å². The average molecular weight is 485 g/mol. The monoisotopic (exact) mass is 484 g/mol. The number of hydrogen-bond donors (Lipinski definition) is 0. The first-order chi connectivity index (χ1) is 12.9. The lowest BCUT2D eigenvalue weighted by Gasteiger charge is -2.16. The van der Waals surface area contributed by atoms with E-state index in [2.05, 4.69) is 24.8 Å². The Morgan fingerprint density at radius 1 is 1.25 bits per heavy atom. The smallest absolute Gasteiger partial charge is 0.468 e. The Hall–Kier alpha value is -2.14. The van der Waals surface area contributed by atoms with Crippen molar-refractivity contribution in [2.24, 2.45) is 0 Å². The molecule has 0 aliphatic carbocycles. The van der Waals surface area contributed by atoms with Crippen molar-refractivity contribution < 1.29 is 40.1 Å². The van der Waals surface area contributed by atoms with Gasteiger partial charge in [-0.1, -0.05) is 28.1 Å². The van der Waals surface area contributed by atoms with Crippen LogP contribution in [0.4, 0.5) is 13.2 Å². The third kappa shape index (κ3) is 5.68. The minimum absolute atomic E-state index is 0.0861. The summed E-state index contributed by atoms with van der Waals surface area (Å²) in [5.74, 6) is -1.22. The van der Waals surface area contributed by atoms with Crippen LogP contribution in [0.5, 0.6) is 5.75 Å². The van der Waals surface area contributed by atoms with Crippen molar-refractivity contribution in [3.63, 3.8) is 0 Å². The zero-order valence-electron chi connectivity index (χ0n) is 15.0. The van der Waals surface area contributed by atoms with E-state index in [0.29, 0.717) is 28.5 Å². The molecule has 0 aromatic heterocycles. The van der Waals surface area contributed by atoms with E-state index in [1.165, 1.54) is 13.0 Å². The summed E-state index contributed by atoms with van der Waals surface area (Å²) in [5.41, 5.74) is -5.48. The number of hydrogen-bond acceptors (Lipinski definition) is 6. The second-order valence-electron chi connectivity index (χ2n) is 5.35. The minimum atomic E-state index is -5.90. The number of aryl methyl sites for hydroxylation is 1. The maximum Gasteiger partial charge on any atom is 0.534 e. The standard InChI is InChI=1S/C14H10BrF3O4S.C3H6O2/c1-7-5-9-3-4-10(15)6-11(9)13(12(7)8(2)19)22-23(20,21)14(16,17)18;1-2-5-3-4/h3-6H,1-2H3;3H,2H2,1H3. The molecule has 0 heterocycles. The van der Waals surface area contributed by atoms with Crippen LogP contribution < -0.4 is 4.18 Å². The first-order valence-corrected chi connectivity index (χ1v) is 9.85. The second kappa shape index (κ2) is 9.37. The van der Waals surface area contributed by atoms with Gasteiger partial charge in [0.05, 0.1) is 12.2 Å².